The van der Waals surface area contributed by atoms with Gasteiger partial charge in [0.25, 0.3) is 5.91 Å². The number of nitrogens with zero attached hydrogens (tertiary/aromatic N) is 1. The van der Waals surface area contributed by atoms with Crippen LogP contribution in [0.15, 0.2) is 42.5 Å². The number of benzene rings is 2. The molecule has 8 nitrogen and oxygen atoms in total. The van der Waals surface area contributed by atoms with Gasteiger partial charge in [-0.3, -0.25) is 9.59 Å². The molecule has 2 unspecified atom stereocenters. The topological polar surface area (TPSA) is 108 Å². The second kappa shape index (κ2) is 12.0. The maximum atomic E-state index is 13.9. The summed E-state index contributed by atoms with van der Waals surface area (Å²) in [5.41, 5.74) is 0.911. The van der Waals surface area contributed by atoms with Gasteiger partial charge in [-0.1, -0.05) is 48.0 Å². The van der Waals surface area contributed by atoms with Crippen LogP contribution in [0.5, 0.6) is 0 Å². The lowest BCUT2D eigenvalue weighted by Gasteiger charge is -2.43. The van der Waals surface area contributed by atoms with Gasteiger partial charge in [-0.25, -0.2) is 4.79 Å². The normalized spacial score (nSPS) is 13.4. The van der Waals surface area contributed by atoms with Gasteiger partial charge in [0.1, 0.15) is 17.7 Å². The molecule has 0 aliphatic heterocycles. The summed E-state index contributed by atoms with van der Waals surface area (Å²) < 4.78 is 5.28. The number of aryl methyl sites for hydroxylation is 2. The number of ether oxygens (including phenoxy) is 1. The summed E-state index contributed by atoms with van der Waals surface area (Å²) in [5.74, 6) is -1.12. The van der Waals surface area contributed by atoms with Crippen LogP contribution >= 0.6 is 11.6 Å². The number of hydrogen-bond donors (Lipinski definition) is 3. The number of aliphatic hydroxyl groups excluding tert-OH is 1. The van der Waals surface area contributed by atoms with E-state index >= 15 is 0 Å². The second-order valence-corrected chi connectivity index (χ2v) is 11.3. The molecule has 0 bridgehead atoms. The highest BCUT2D eigenvalue weighted by molar-refractivity contribution is 6.34. The maximum absolute atomic E-state index is 13.9. The van der Waals surface area contributed by atoms with Gasteiger partial charge >= 0.3 is 6.09 Å². The minimum Gasteiger partial charge on any atom is -0.444 e. The van der Waals surface area contributed by atoms with Crippen LogP contribution in [0.25, 0.3) is 0 Å². The lowest BCUT2D eigenvalue weighted by Crippen LogP contribution is -2.59. The van der Waals surface area contributed by atoms with Crippen LogP contribution in [0.1, 0.15) is 64.3 Å². The van der Waals surface area contributed by atoms with E-state index in [1.165, 1.54) is 4.90 Å². The highest BCUT2D eigenvalue weighted by Gasteiger charge is 2.42. The lowest BCUT2D eigenvalue weighted by atomic mass is 9.93. The number of alkyl carbamates (subject to hydrolysis) is 1. The largest absolute Gasteiger partial charge is 0.444 e. The molecule has 9 heteroatoms. The van der Waals surface area contributed by atoms with Crippen LogP contribution in [0.4, 0.5) is 10.5 Å². The van der Waals surface area contributed by atoms with E-state index in [0.717, 1.165) is 11.1 Å². The molecular weight excluding hydrogens is 494 g/mol. The Balaban J connectivity index is 2.59. The SMILES string of the molecule is Cc1ccccc1C(C(=O)Nc1c(C)cccc1Cl)N(C(=O)C(CO)NC(=O)OC(C)(C)C)C(C)(C)C. The van der Waals surface area contributed by atoms with Crippen molar-refractivity contribution in [1.29, 1.82) is 0 Å². The molecule has 2 rings (SSSR count). The van der Waals surface area contributed by atoms with Gasteiger partial charge in [-0.15, -0.1) is 0 Å². The zero-order valence-corrected chi connectivity index (χ0v) is 23.6. The van der Waals surface area contributed by atoms with E-state index in [9.17, 15) is 19.5 Å². The quantitative estimate of drug-likeness (QED) is 0.458. The van der Waals surface area contributed by atoms with Gasteiger partial charge in [-0.2, -0.15) is 0 Å². The van der Waals surface area contributed by atoms with Gasteiger partial charge < -0.3 is 25.4 Å². The molecule has 2 atom stereocenters. The number of aliphatic hydroxyl groups is 1. The van der Waals surface area contributed by atoms with Crippen LogP contribution in [-0.4, -0.2) is 51.7 Å². The molecule has 0 fully saturated rings. The molecule has 2 aromatic rings. The number of nitrogens with one attached hydrogen (secondary N) is 2. The maximum Gasteiger partial charge on any atom is 0.408 e. The third-order valence-electron chi connectivity index (χ3n) is 5.59. The standard InChI is InChI=1S/C28H38ClN3O5/c1-17-12-9-10-14-19(17)23(24(34)31-22-18(2)13-11-15-20(22)29)32(27(3,4)5)25(35)21(16-33)30-26(36)37-28(6,7)8/h9-15,21,23,33H,16H2,1-8H3,(H,30,36)(H,31,34). The molecule has 0 spiro atoms. The molecule has 0 saturated carbocycles. The number of hydrogen-bond acceptors (Lipinski definition) is 5. The number of halogens is 1. The van der Waals surface area contributed by atoms with E-state index in [4.69, 9.17) is 16.3 Å². The van der Waals surface area contributed by atoms with Gasteiger partial charge in [0.05, 0.1) is 17.3 Å². The zero-order chi connectivity index (χ0) is 28.1. The fraction of sp³-hybridized carbons (Fsp3) is 0.464. The molecule has 0 aliphatic rings. The first-order valence-electron chi connectivity index (χ1n) is 12.1. The highest BCUT2D eigenvalue weighted by Crippen LogP contribution is 2.34. The Morgan fingerprint density at radius 3 is 2.08 bits per heavy atom. The number of rotatable bonds is 7. The first-order chi connectivity index (χ1) is 17.1. The summed E-state index contributed by atoms with van der Waals surface area (Å²) in [6, 6.07) is 10.1. The van der Waals surface area contributed by atoms with Crippen molar-refractivity contribution in [2.75, 3.05) is 11.9 Å². The molecule has 202 valence electrons. The van der Waals surface area contributed by atoms with Gasteiger partial charge in [0.2, 0.25) is 5.91 Å². The van der Waals surface area contributed by atoms with E-state index in [2.05, 4.69) is 10.6 Å². The highest BCUT2D eigenvalue weighted by atomic mass is 35.5. The van der Waals surface area contributed by atoms with Crippen molar-refractivity contribution < 1.29 is 24.2 Å². The molecule has 0 aromatic heterocycles. The Kier molecular flexibility index (Phi) is 9.74. The third-order valence-corrected chi connectivity index (χ3v) is 5.91. The molecule has 0 radical (unpaired) electrons. The zero-order valence-electron chi connectivity index (χ0n) is 22.8. The molecule has 3 N–H and O–H groups in total. The molecule has 0 heterocycles. The number of amides is 3. The number of carbonyl (C=O) groups excluding carboxylic acids is 3. The minimum absolute atomic E-state index is 0.366. The molecule has 37 heavy (non-hydrogen) atoms. The summed E-state index contributed by atoms with van der Waals surface area (Å²) in [6.07, 6.45) is -0.850. The van der Waals surface area contributed by atoms with Crippen molar-refractivity contribution in [3.63, 3.8) is 0 Å². The van der Waals surface area contributed by atoms with E-state index in [1.54, 1.807) is 65.8 Å². The molecular formula is C28H38ClN3O5. The number of anilines is 1. The van der Waals surface area contributed by atoms with E-state index in [0.29, 0.717) is 16.3 Å². The average Bonchev–Trinajstić information content (AvgIpc) is 2.76. The van der Waals surface area contributed by atoms with Crippen LogP contribution in [0.2, 0.25) is 5.02 Å². The molecule has 0 aliphatic carbocycles. The molecule has 0 saturated heterocycles. The predicted molar refractivity (Wildman–Crippen MR) is 146 cm³/mol. The Hall–Kier alpha value is -3.10. The molecule has 2 aromatic carbocycles. The Labute approximate surface area is 224 Å². The summed E-state index contributed by atoms with van der Waals surface area (Å²) in [5, 5.41) is 15.8. The fourth-order valence-corrected chi connectivity index (χ4v) is 4.19. The van der Waals surface area contributed by atoms with E-state index in [-0.39, 0.29) is 0 Å². The number of carbonyl (C=O) groups is 3. The Morgan fingerprint density at radius 2 is 1.57 bits per heavy atom. The Bertz CT molecular complexity index is 1120. The predicted octanol–water partition coefficient (Wildman–Crippen LogP) is 5.15. The summed E-state index contributed by atoms with van der Waals surface area (Å²) in [6.45, 7) is 13.4. The molecule has 3 amide bonds. The van der Waals surface area contributed by atoms with Crippen molar-refractivity contribution in [3.05, 3.63) is 64.2 Å². The Morgan fingerprint density at radius 1 is 0.973 bits per heavy atom. The van der Waals surface area contributed by atoms with E-state index < -0.39 is 47.7 Å². The fourth-order valence-electron chi connectivity index (χ4n) is 3.92. The first kappa shape index (κ1) is 30.1. The third kappa shape index (κ3) is 7.94. The monoisotopic (exact) mass is 531 g/mol. The van der Waals surface area contributed by atoms with Crippen LogP contribution in [-0.2, 0) is 14.3 Å². The van der Waals surface area contributed by atoms with Crippen LogP contribution < -0.4 is 10.6 Å². The van der Waals surface area contributed by atoms with Crippen LogP contribution in [0.3, 0.4) is 0 Å². The second-order valence-electron chi connectivity index (χ2n) is 10.9. The average molecular weight is 532 g/mol. The smallest absolute Gasteiger partial charge is 0.408 e. The first-order valence-corrected chi connectivity index (χ1v) is 12.5. The summed E-state index contributed by atoms with van der Waals surface area (Å²) in [7, 11) is 0. The van der Waals surface area contributed by atoms with Crippen molar-refractivity contribution >= 4 is 35.2 Å². The van der Waals surface area contributed by atoms with Crippen molar-refractivity contribution in [2.45, 2.75) is 78.6 Å². The van der Waals surface area contributed by atoms with Crippen LogP contribution in [0, 0.1) is 13.8 Å². The van der Waals surface area contributed by atoms with E-state index in [1.807, 2.05) is 32.0 Å². The summed E-state index contributed by atoms with van der Waals surface area (Å²) >= 11 is 6.38. The van der Waals surface area contributed by atoms with Crippen molar-refractivity contribution in [2.24, 2.45) is 0 Å². The lowest BCUT2D eigenvalue weighted by molar-refractivity contribution is -0.147. The number of para-hydroxylation sites is 1. The van der Waals surface area contributed by atoms with Crippen molar-refractivity contribution in [3.8, 4) is 0 Å². The van der Waals surface area contributed by atoms with Gasteiger partial charge in [0.15, 0.2) is 0 Å². The van der Waals surface area contributed by atoms with Crippen molar-refractivity contribution in [1.82, 2.24) is 10.2 Å². The minimum atomic E-state index is -1.34. The summed E-state index contributed by atoms with van der Waals surface area (Å²) in [4.78, 5) is 41.7. The van der Waals surface area contributed by atoms with Gasteiger partial charge in [0, 0.05) is 5.54 Å². The van der Waals surface area contributed by atoms with Gasteiger partial charge in [-0.05, 0) is 78.1 Å².